The molecule has 2 heterocycles. The van der Waals surface area contributed by atoms with E-state index in [-0.39, 0.29) is 73.1 Å². The van der Waals surface area contributed by atoms with Crippen molar-refractivity contribution >= 4 is 58.8 Å². The van der Waals surface area contributed by atoms with Gasteiger partial charge in [0.05, 0.1) is 68.6 Å². The smallest absolute Gasteiger partial charge is 0.239 e. The number of quaternary nitrogens is 3. The van der Waals surface area contributed by atoms with Crippen molar-refractivity contribution in [1.29, 1.82) is 0 Å². The Labute approximate surface area is 414 Å². The predicted octanol–water partition coefficient (Wildman–Crippen LogP) is -4.46. The third kappa shape index (κ3) is 16.6. The SMILES string of the molecule is CC(=O)NC1CCCC1C(=O)N[C@@H](CCC(=O)[O-])C(=O)CC1C[NH2+]CC1C(=O)N[C@@H](Cc1ccc(O)cc1)C(=O)CC1CCCC1C(=O)N[C@@H](CCCC[NH3+])C(=O)CC1C[NH2+]CC1C(=O)N[C@@H](C)C(N)=O. The monoisotopic (exact) mass is 996 g/mol. The molecule has 5 rings (SSSR count). The molecule has 21 heteroatoms. The molecule has 2 aliphatic carbocycles. The second-order valence-electron chi connectivity index (χ2n) is 20.4. The minimum Gasteiger partial charge on any atom is -0.550 e. The molecule has 1 aromatic carbocycles. The van der Waals surface area contributed by atoms with Crippen LogP contribution in [0, 0.1) is 41.4 Å². The van der Waals surface area contributed by atoms with Crippen LogP contribution < -0.4 is 53.8 Å². The first-order valence-corrected chi connectivity index (χ1v) is 25.6. The minimum absolute atomic E-state index is 0.0178. The summed E-state index contributed by atoms with van der Waals surface area (Å²) in [5.41, 5.74) is 9.92. The van der Waals surface area contributed by atoms with Crippen LogP contribution in [-0.4, -0.2) is 127 Å². The number of phenols is 1. The van der Waals surface area contributed by atoms with Crippen LogP contribution in [0.4, 0.5) is 0 Å². The number of primary amides is 1. The van der Waals surface area contributed by atoms with Crippen molar-refractivity contribution in [2.24, 2.45) is 47.2 Å². The number of nitrogens with one attached hydrogen (secondary N) is 5. The first-order valence-electron chi connectivity index (χ1n) is 25.6. The Morgan fingerprint density at radius 3 is 1.75 bits per heavy atom. The van der Waals surface area contributed by atoms with Gasteiger partial charge in [0, 0.05) is 56.0 Å². The number of carbonyl (C=O) groups excluding carboxylic acids is 10. The van der Waals surface area contributed by atoms with E-state index in [0.717, 1.165) is 6.42 Å². The molecule has 2 saturated heterocycles. The lowest BCUT2D eigenvalue weighted by Crippen LogP contribution is -2.82. The average Bonchev–Trinajstić information content (AvgIpc) is 4.16. The average molecular weight is 996 g/mol. The number of unbranched alkanes of at least 4 members (excludes halogenated alkanes) is 1. The molecule has 392 valence electrons. The van der Waals surface area contributed by atoms with Crippen molar-refractivity contribution in [2.45, 2.75) is 140 Å². The number of aromatic hydroxyl groups is 1. The van der Waals surface area contributed by atoms with E-state index < -0.39 is 102 Å². The molecular formula is C50H77N9O12+2. The molecule has 71 heavy (non-hydrogen) atoms. The van der Waals surface area contributed by atoms with Crippen LogP contribution in [0.1, 0.15) is 109 Å². The van der Waals surface area contributed by atoms with Crippen LogP contribution in [0.15, 0.2) is 24.3 Å². The largest absolute Gasteiger partial charge is 0.550 e. The van der Waals surface area contributed by atoms with Crippen molar-refractivity contribution < 1.29 is 74.5 Å². The van der Waals surface area contributed by atoms with Crippen LogP contribution in [0.3, 0.4) is 0 Å². The number of amides is 6. The minimum atomic E-state index is -1.39. The van der Waals surface area contributed by atoms with Gasteiger partial charge < -0.3 is 63.7 Å². The van der Waals surface area contributed by atoms with Crippen molar-refractivity contribution in [1.82, 2.24) is 26.6 Å². The molecular weight excluding hydrogens is 919 g/mol. The van der Waals surface area contributed by atoms with E-state index in [1.165, 1.54) is 26.0 Å². The van der Waals surface area contributed by atoms with Gasteiger partial charge in [0.25, 0.3) is 0 Å². The molecule has 4 fully saturated rings. The maximum absolute atomic E-state index is 14.5. The van der Waals surface area contributed by atoms with Crippen molar-refractivity contribution in [3.8, 4) is 5.75 Å². The summed E-state index contributed by atoms with van der Waals surface area (Å²) in [7, 11) is 0. The van der Waals surface area contributed by atoms with Gasteiger partial charge in [0.15, 0.2) is 17.3 Å². The Kier molecular flexibility index (Phi) is 21.5. The first-order chi connectivity index (χ1) is 33.8. The molecule has 2 saturated carbocycles. The number of nitrogens with two attached hydrogens (primary N) is 3. The molecule has 0 bridgehead atoms. The number of carboxylic acids is 1. The molecule has 15 N–H and O–H groups in total. The summed E-state index contributed by atoms with van der Waals surface area (Å²) in [6.07, 6.45) is 4.48. The number of rotatable bonds is 28. The van der Waals surface area contributed by atoms with E-state index in [1.807, 2.05) is 10.6 Å². The molecule has 12 atom stereocenters. The Hall–Kier alpha value is -5.80. The lowest BCUT2D eigenvalue weighted by atomic mass is 9.85. The molecule has 0 radical (unpaired) electrons. The molecule has 21 nitrogen and oxygen atoms in total. The fourth-order valence-electron chi connectivity index (χ4n) is 11.1. The molecule has 0 aromatic heterocycles. The third-order valence-corrected chi connectivity index (χ3v) is 15.1. The highest BCUT2D eigenvalue weighted by Crippen LogP contribution is 2.36. The topological polar surface area (TPSA) is 361 Å². The van der Waals surface area contributed by atoms with Crippen LogP contribution in [0.5, 0.6) is 5.75 Å². The molecule has 4 aliphatic rings. The number of phenolic OH excluding ortho intramolecular Hbond substituents is 1. The summed E-state index contributed by atoms with van der Waals surface area (Å²) in [5, 5.41) is 39.4. The maximum Gasteiger partial charge on any atom is 0.239 e. The van der Waals surface area contributed by atoms with Crippen LogP contribution in [-0.2, 0) is 54.4 Å². The van der Waals surface area contributed by atoms with E-state index in [4.69, 9.17) is 5.73 Å². The fraction of sp³-hybridized carbons (Fsp3) is 0.680. The highest BCUT2D eigenvalue weighted by molar-refractivity contribution is 5.94. The third-order valence-electron chi connectivity index (χ3n) is 15.1. The van der Waals surface area contributed by atoms with Gasteiger partial charge in [-0.05, 0) is 94.7 Å². The van der Waals surface area contributed by atoms with Gasteiger partial charge in [-0.15, -0.1) is 0 Å². The fourth-order valence-corrected chi connectivity index (χ4v) is 11.1. The number of hydrogen-bond acceptors (Lipinski definition) is 12. The predicted molar refractivity (Wildman–Crippen MR) is 252 cm³/mol. The number of hydrogen-bond donors (Lipinski definition) is 10. The zero-order valence-corrected chi connectivity index (χ0v) is 41.3. The van der Waals surface area contributed by atoms with E-state index in [9.17, 15) is 58.2 Å². The zero-order chi connectivity index (χ0) is 51.8. The number of benzene rings is 1. The van der Waals surface area contributed by atoms with E-state index in [0.29, 0.717) is 89.7 Å². The lowest BCUT2D eigenvalue weighted by molar-refractivity contribution is -0.639. The first kappa shape index (κ1) is 56.1. The van der Waals surface area contributed by atoms with Crippen LogP contribution >= 0.6 is 0 Å². The quantitative estimate of drug-likeness (QED) is 0.0356. The Morgan fingerprint density at radius 2 is 1.17 bits per heavy atom. The van der Waals surface area contributed by atoms with Crippen molar-refractivity contribution in [3.63, 3.8) is 0 Å². The summed E-state index contributed by atoms with van der Waals surface area (Å²) in [5.74, 6) is -8.54. The van der Waals surface area contributed by atoms with Gasteiger partial charge in [-0.25, -0.2) is 0 Å². The Bertz CT molecular complexity index is 2090. The normalized spacial score (nSPS) is 25.5. The van der Waals surface area contributed by atoms with E-state index in [2.05, 4.69) is 32.3 Å². The molecule has 1 aromatic rings. The van der Waals surface area contributed by atoms with E-state index in [1.54, 1.807) is 12.1 Å². The van der Waals surface area contributed by atoms with E-state index >= 15 is 0 Å². The lowest BCUT2D eigenvalue weighted by Gasteiger charge is -2.26. The van der Waals surface area contributed by atoms with Crippen LogP contribution in [0.2, 0.25) is 0 Å². The van der Waals surface area contributed by atoms with Gasteiger partial charge in [0.2, 0.25) is 35.4 Å². The molecule has 6 amide bonds. The zero-order valence-electron chi connectivity index (χ0n) is 41.3. The highest BCUT2D eigenvalue weighted by Gasteiger charge is 2.44. The number of Topliss-reactive ketones (excluding diaryl/α,β-unsaturated/α-hetero) is 3. The van der Waals surface area contributed by atoms with Crippen molar-refractivity contribution in [3.05, 3.63) is 29.8 Å². The number of ketones is 3. The van der Waals surface area contributed by atoms with Crippen LogP contribution in [0.25, 0.3) is 0 Å². The van der Waals surface area contributed by atoms with Gasteiger partial charge in [0.1, 0.15) is 11.8 Å². The van der Waals surface area contributed by atoms with Gasteiger partial charge >= 0.3 is 0 Å². The van der Waals surface area contributed by atoms with Crippen molar-refractivity contribution in [2.75, 3.05) is 32.7 Å². The maximum atomic E-state index is 14.5. The Morgan fingerprint density at radius 1 is 0.662 bits per heavy atom. The molecule has 8 unspecified atom stereocenters. The number of aliphatic carboxylic acids is 1. The number of carbonyl (C=O) groups is 10. The van der Waals surface area contributed by atoms with Gasteiger partial charge in [-0.1, -0.05) is 25.0 Å². The summed E-state index contributed by atoms with van der Waals surface area (Å²) in [4.78, 5) is 132. The number of carboxylic acid groups (broad SMARTS) is 1. The second kappa shape index (κ2) is 27.1. The summed E-state index contributed by atoms with van der Waals surface area (Å²) >= 11 is 0. The molecule has 2 aliphatic heterocycles. The van der Waals surface area contributed by atoms with Gasteiger partial charge in [-0.3, -0.25) is 43.2 Å². The summed E-state index contributed by atoms with van der Waals surface area (Å²) < 4.78 is 0. The second-order valence-corrected chi connectivity index (χ2v) is 20.4. The highest BCUT2D eigenvalue weighted by atomic mass is 16.4. The Balaban J connectivity index is 1.25. The van der Waals surface area contributed by atoms with Gasteiger partial charge in [-0.2, -0.15) is 0 Å². The summed E-state index contributed by atoms with van der Waals surface area (Å²) in [6, 6.07) is 1.95. The standard InChI is InChI=1S/C50H75N9O12/c1-27(46(52)67)55-49(70)36-25-53-23-31(36)21-42(62)39(10-3-4-18-51)57-47(68)34-8-5-7-30(34)20-44(64)41(19-29-12-14-33(61)15-13-29)59-50(71)37-26-54-24-32(37)22-43(63)40(16-17-45(65)66)58-48(69)35-9-6-11-38(35)56-28(2)60/h12-15,27,30-32,34-41,53-54,61H,3-11,16-26,51H2,1-2H3,(H2,52,67)(H,55,70)(H,56,60)(H,57,68)(H,58,69)(H,59,71)(H,65,66)/p+2/t27-,30?,31?,32?,34?,35?,36?,37?,38?,39-,40-,41-/m0/s1. The molecule has 0 spiro atoms. The summed E-state index contributed by atoms with van der Waals surface area (Å²) in [6.45, 7) is 5.17.